The lowest BCUT2D eigenvalue weighted by Gasteiger charge is -2.32. The highest BCUT2D eigenvalue weighted by Gasteiger charge is 2.45. The van der Waals surface area contributed by atoms with Gasteiger partial charge < -0.3 is 4.42 Å². The van der Waals surface area contributed by atoms with Crippen molar-refractivity contribution in [1.29, 1.82) is 0 Å². The smallest absolute Gasteiger partial charge is 0.335 e. The van der Waals surface area contributed by atoms with Crippen molar-refractivity contribution in [3.05, 3.63) is 52.5 Å². The summed E-state index contributed by atoms with van der Waals surface area (Å²) < 4.78 is 5.89. The summed E-state index contributed by atoms with van der Waals surface area (Å²) in [4.78, 5) is 46.9. The first-order valence-corrected chi connectivity index (χ1v) is 10.8. The molecular weight excluding hydrogens is 404 g/mol. The van der Waals surface area contributed by atoms with Gasteiger partial charge in [0.05, 0.1) is 13.2 Å². The van der Waals surface area contributed by atoms with Gasteiger partial charge in [-0.2, -0.15) is 0 Å². The van der Waals surface area contributed by atoms with Gasteiger partial charge in [0.15, 0.2) is 11.5 Å². The van der Waals surface area contributed by atoms with Gasteiger partial charge in [0, 0.05) is 23.9 Å². The summed E-state index contributed by atoms with van der Waals surface area (Å²) in [5.74, 6) is -0.565. The van der Waals surface area contributed by atoms with Crippen LogP contribution in [-0.2, 0) is 16.1 Å². The third-order valence-electron chi connectivity index (χ3n) is 5.62. The number of para-hydroxylation sites is 2. The molecule has 30 heavy (non-hydrogen) atoms. The number of rotatable bonds is 5. The summed E-state index contributed by atoms with van der Waals surface area (Å²) in [5, 5.41) is 1.88. The SMILES string of the molecule is O=C1C(=O)N(CN2CCC(c3nc4ccccc4o3)CC2)C(=O)N1Cc1cccs1. The monoisotopic (exact) mass is 424 g/mol. The van der Waals surface area contributed by atoms with E-state index in [2.05, 4.69) is 4.98 Å². The largest absolute Gasteiger partial charge is 0.440 e. The maximum Gasteiger partial charge on any atom is 0.335 e. The first kappa shape index (κ1) is 19.0. The maximum atomic E-state index is 12.7. The molecule has 0 aliphatic carbocycles. The minimum absolute atomic E-state index is 0.130. The van der Waals surface area contributed by atoms with Crippen LogP contribution in [-0.4, -0.2) is 57.3 Å². The molecule has 8 nitrogen and oxygen atoms in total. The number of fused-ring (bicyclic) bond motifs is 1. The molecule has 0 atom stereocenters. The van der Waals surface area contributed by atoms with Crippen LogP contribution >= 0.6 is 11.3 Å². The van der Waals surface area contributed by atoms with E-state index in [0.29, 0.717) is 13.1 Å². The Morgan fingerprint density at radius 2 is 1.77 bits per heavy atom. The lowest BCUT2D eigenvalue weighted by atomic mass is 9.97. The highest BCUT2D eigenvalue weighted by Crippen LogP contribution is 2.30. The minimum Gasteiger partial charge on any atom is -0.440 e. The van der Waals surface area contributed by atoms with Crippen molar-refractivity contribution >= 4 is 40.3 Å². The number of carbonyl (C=O) groups excluding carboxylic acids is 3. The van der Waals surface area contributed by atoms with Crippen LogP contribution in [0.3, 0.4) is 0 Å². The van der Waals surface area contributed by atoms with Crippen LogP contribution in [0.5, 0.6) is 0 Å². The van der Waals surface area contributed by atoms with Gasteiger partial charge in [-0.25, -0.2) is 14.7 Å². The van der Waals surface area contributed by atoms with Crippen LogP contribution in [0, 0.1) is 0 Å². The van der Waals surface area contributed by atoms with Gasteiger partial charge in [0.25, 0.3) is 0 Å². The topological polar surface area (TPSA) is 87.0 Å². The predicted molar refractivity (Wildman–Crippen MR) is 110 cm³/mol. The number of amides is 4. The molecule has 2 fully saturated rings. The molecule has 0 bridgehead atoms. The molecule has 154 valence electrons. The number of nitrogens with zero attached hydrogens (tertiary/aromatic N) is 4. The number of benzene rings is 1. The summed E-state index contributed by atoms with van der Waals surface area (Å²) in [7, 11) is 0. The van der Waals surface area contributed by atoms with Crippen molar-refractivity contribution < 1.29 is 18.8 Å². The molecule has 2 aliphatic heterocycles. The van der Waals surface area contributed by atoms with E-state index in [0.717, 1.165) is 44.5 Å². The minimum atomic E-state index is -0.755. The van der Waals surface area contributed by atoms with Crippen molar-refractivity contribution in [2.24, 2.45) is 0 Å². The molecule has 4 heterocycles. The van der Waals surface area contributed by atoms with Gasteiger partial charge in [-0.1, -0.05) is 18.2 Å². The van der Waals surface area contributed by atoms with E-state index in [1.165, 1.54) is 11.3 Å². The Hall–Kier alpha value is -3.04. The number of carbonyl (C=O) groups is 3. The van der Waals surface area contributed by atoms with Gasteiger partial charge in [0.2, 0.25) is 0 Å². The zero-order valence-electron chi connectivity index (χ0n) is 16.2. The highest BCUT2D eigenvalue weighted by molar-refractivity contribution is 7.09. The number of hydrogen-bond donors (Lipinski definition) is 0. The molecule has 2 aromatic heterocycles. The number of piperidine rings is 1. The number of oxazole rings is 1. The Kier molecular flexibility index (Phi) is 4.84. The molecule has 4 amide bonds. The fraction of sp³-hybridized carbons (Fsp3) is 0.333. The molecule has 2 saturated heterocycles. The van der Waals surface area contributed by atoms with Crippen molar-refractivity contribution in [1.82, 2.24) is 19.7 Å². The van der Waals surface area contributed by atoms with Crippen LogP contribution in [0.15, 0.2) is 46.2 Å². The summed E-state index contributed by atoms with van der Waals surface area (Å²) in [6.45, 7) is 1.65. The number of hydrogen-bond acceptors (Lipinski definition) is 7. The van der Waals surface area contributed by atoms with Crippen molar-refractivity contribution in [3.63, 3.8) is 0 Å². The van der Waals surface area contributed by atoms with Crippen molar-refractivity contribution in [2.75, 3.05) is 19.8 Å². The Morgan fingerprint density at radius 3 is 2.50 bits per heavy atom. The van der Waals surface area contributed by atoms with Crippen LogP contribution in [0.1, 0.15) is 29.5 Å². The molecule has 0 saturated carbocycles. The molecule has 0 N–H and O–H groups in total. The molecular formula is C21H20N4O4S. The van der Waals surface area contributed by atoms with E-state index in [9.17, 15) is 14.4 Å². The van der Waals surface area contributed by atoms with E-state index in [4.69, 9.17) is 4.42 Å². The molecule has 3 aromatic rings. The number of aromatic nitrogens is 1. The van der Waals surface area contributed by atoms with Gasteiger partial charge in [-0.05, 0) is 36.4 Å². The standard InChI is InChI=1S/C21H20N4O4S/c26-19-20(27)25(21(28)24(19)12-15-4-3-11-30-15)13-23-9-7-14(8-10-23)18-22-16-5-1-2-6-17(16)29-18/h1-6,11,14H,7-10,12-13H2. The summed E-state index contributed by atoms with van der Waals surface area (Å²) in [6, 6.07) is 10.9. The fourth-order valence-corrected chi connectivity index (χ4v) is 4.65. The Labute approximate surface area is 176 Å². The highest BCUT2D eigenvalue weighted by atomic mass is 32.1. The summed E-state index contributed by atoms with van der Waals surface area (Å²) >= 11 is 1.45. The van der Waals surface area contributed by atoms with Crippen molar-refractivity contribution in [2.45, 2.75) is 25.3 Å². The summed E-state index contributed by atoms with van der Waals surface area (Å²) in [6.07, 6.45) is 1.63. The van der Waals surface area contributed by atoms with Crippen LogP contribution < -0.4 is 0 Å². The zero-order chi connectivity index (χ0) is 20.7. The Morgan fingerprint density at radius 1 is 1.00 bits per heavy atom. The predicted octanol–water partition coefficient (Wildman–Crippen LogP) is 3.02. The van der Waals surface area contributed by atoms with Gasteiger partial charge in [-0.15, -0.1) is 11.3 Å². The second-order valence-corrected chi connectivity index (χ2v) is 8.57. The lowest BCUT2D eigenvalue weighted by Crippen LogP contribution is -2.45. The van der Waals surface area contributed by atoms with Gasteiger partial charge in [0.1, 0.15) is 5.52 Å². The van der Waals surface area contributed by atoms with Gasteiger partial charge >= 0.3 is 17.8 Å². The van der Waals surface area contributed by atoms with Gasteiger partial charge in [-0.3, -0.25) is 19.4 Å². The molecule has 0 radical (unpaired) electrons. The number of urea groups is 1. The van der Waals surface area contributed by atoms with Crippen LogP contribution in [0.4, 0.5) is 4.79 Å². The van der Waals surface area contributed by atoms with E-state index in [-0.39, 0.29) is 19.1 Å². The van der Waals surface area contributed by atoms with Crippen LogP contribution in [0.2, 0.25) is 0 Å². The number of likely N-dealkylation sites (tertiary alicyclic amines) is 1. The molecule has 2 aliphatic rings. The average molecular weight is 424 g/mol. The maximum absolute atomic E-state index is 12.7. The molecule has 0 spiro atoms. The van der Waals surface area contributed by atoms with Crippen LogP contribution in [0.25, 0.3) is 11.1 Å². The van der Waals surface area contributed by atoms with E-state index in [1.54, 1.807) is 0 Å². The normalized spacial score (nSPS) is 18.9. The second kappa shape index (κ2) is 7.66. The zero-order valence-corrected chi connectivity index (χ0v) is 17.0. The third kappa shape index (κ3) is 3.40. The fourth-order valence-electron chi connectivity index (χ4n) is 3.96. The molecule has 5 rings (SSSR count). The molecule has 9 heteroatoms. The van der Waals surface area contributed by atoms with E-state index in [1.807, 2.05) is 46.7 Å². The first-order chi connectivity index (χ1) is 14.6. The first-order valence-electron chi connectivity index (χ1n) is 9.87. The molecule has 1 aromatic carbocycles. The number of imide groups is 2. The second-order valence-electron chi connectivity index (χ2n) is 7.54. The Bertz CT molecular complexity index is 1070. The van der Waals surface area contributed by atoms with Crippen molar-refractivity contribution in [3.8, 4) is 0 Å². The van der Waals surface area contributed by atoms with E-state index >= 15 is 0 Å². The lowest BCUT2D eigenvalue weighted by molar-refractivity contribution is -0.144. The Balaban J connectivity index is 1.21. The average Bonchev–Trinajstić information content (AvgIpc) is 3.47. The van der Waals surface area contributed by atoms with E-state index < -0.39 is 17.8 Å². The quantitative estimate of drug-likeness (QED) is 0.462. The third-order valence-corrected chi connectivity index (χ3v) is 6.48. The molecule has 0 unspecified atom stereocenters. The number of thiophene rings is 1. The summed E-state index contributed by atoms with van der Waals surface area (Å²) in [5.41, 5.74) is 1.64.